The van der Waals surface area contributed by atoms with Gasteiger partial charge in [0, 0.05) is 5.57 Å². The first-order valence-corrected chi connectivity index (χ1v) is 9.19. The van der Waals surface area contributed by atoms with Crippen LogP contribution in [0.25, 0.3) is 0 Å². The van der Waals surface area contributed by atoms with Crippen LogP contribution in [0.3, 0.4) is 0 Å². The zero-order valence-electron chi connectivity index (χ0n) is 15.1. The van der Waals surface area contributed by atoms with Gasteiger partial charge in [-0.05, 0) is 54.6 Å². The maximum Gasteiger partial charge on any atom is 0.309 e. The molecule has 2 aliphatic rings. The molecule has 2 aliphatic carbocycles. The molecular weight excluding hydrogens is 348 g/mol. The van der Waals surface area contributed by atoms with Crippen molar-refractivity contribution >= 4 is 0 Å². The summed E-state index contributed by atoms with van der Waals surface area (Å²) in [5.74, 6) is 1.90. The molecule has 0 aromatic heterocycles. The normalized spacial score (nSPS) is 16.1. The monoisotopic (exact) mass is 366 g/mol. The van der Waals surface area contributed by atoms with E-state index < -0.39 is 5.79 Å². The van der Waals surface area contributed by atoms with Crippen molar-refractivity contribution < 1.29 is 14.2 Å². The zero-order valence-corrected chi connectivity index (χ0v) is 15.1. The Labute approximate surface area is 163 Å². The van der Waals surface area contributed by atoms with Crippen LogP contribution in [0.2, 0.25) is 0 Å². The van der Waals surface area contributed by atoms with Gasteiger partial charge in [0.2, 0.25) is 0 Å². The number of rotatable bonds is 6. The third-order valence-corrected chi connectivity index (χ3v) is 4.70. The minimum atomic E-state index is -1.06. The quantitative estimate of drug-likeness (QED) is 0.525. The number of ether oxygens (including phenoxy) is 3. The van der Waals surface area contributed by atoms with E-state index in [2.05, 4.69) is 0 Å². The summed E-state index contributed by atoms with van der Waals surface area (Å²) in [5, 5.41) is 0. The van der Waals surface area contributed by atoms with Crippen molar-refractivity contribution in [3.8, 4) is 17.2 Å². The second kappa shape index (κ2) is 6.78. The third kappa shape index (κ3) is 2.87. The van der Waals surface area contributed by atoms with Gasteiger partial charge in [-0.15, -0.1) is 0 Å². The molecule has 0 saturated heterocycles. The van der Waals surface area contributed by atoms with E-state index in [9.17, 15) is 0 Å². The molecule has 0 N–H and O–H groups in total. The molecule has 3 heteroatoms. The second-order valence-corrected chi connectivity index (χ2v) is 6.57. The van der Waals surface area contributed by atoms with Gasteiger partial charge in [0.1, 0.15) is 23.0 Å². The molecule has 136 valence electrons. The van der Waals surface area contributed by atoms with Gasteiger partial charge in [-0.2, -0.15) is 0 Å². The molecule has 3 nitrogen and oxygen atoms in total. The molecule has 5 rings (SSSR count). The van der Waals surface area contributed by atoms with Crippen molar-refractivity contribution in [3.63, 3.8) is 0 Å². The molecule has 0 spiro atoms. The number of fused-ring (bicyclic) bond motifs is 2. The smallest absolute Gasteiger partial charge is 0.309 e. The zero-order chi connectivity index (χ0) is 18.8. The van der Waals surface area contributed by atoms with Crippen molar-refractivity contribution in [1.82, 2.24) is 0 Å². The fraction of sp³-hybridized carbons (Fsp3) is 0.0400. The lowest BCUT2D eigenvalue weighted by Gasteiger charge is -2.31. The van der Waals surface area contributed by atoms with E-state index in [-0.39, 0.29) is 0 Å². The van der Waals surface area contributed by atoms with Gasteiger partial charge in [-0.1, -0.05) is 54.6 Å². The fourth-order valence-electron chi connectivity index (χ4n) is 3.41. The van der Waals surface area contributed by atoms with Crippen LogP contribution in [0.4, 0.5) is 0 Å². The van der Waals surface area contributed by atoms with Crippen LogP contribution >= 0.6 is 0 Å². The Bertz CT molecular complexity index is 1020. The van der Waals surface area contributed by atoms with Crippen LogP contribution in [0.5, 0.6) is 17.2 Å². The predicted molar refractivity (Wildman–Crippen MR) is 108 cm³/mol. The fourth-order valence-corrected chi connectivity index (χ4v) is 3.41. The van der Waals surface area contributed by atoms with Crippen molar-refractivity contribution in [2.45, 2.75) is 5.79 Å². The highest BCUT2D eigenvalue weighted by Crippen LogP contribution is 2.47. The summed E-state index contributed by atoms with van der Waals surface area (Å²) in [6.45, 7) is 0. The Morgan fingerprint density at radius 2 is 1.04 bits per heavy atom. The first kappa shape index (κ1) is 16.5. The van der Waals surface area contributed by atoms with E-state index >= 15 is 0 Å². The van der Waals surface area contributed by atoms with Crippen molar-refractivity contribution in [2.24, 2.45) is 0 Å². The lowest BCUT2D eigenvalue weighted by atomic mass is 10.1. The Hall–Kier alpha value is -3.72. The lowest BCUT2D eigenvalue weighted by Crippen LogP contribution is -2.42. The van der Waals surface area contributed by atoms with E-state index in [1.54, 1.807) is 0 Å². The summed E-state index contributed by atoms with van der Waals surface area (Å²) in [6.07, 6.45) is 5.99. The summed E-state index contributed by atoms with van der Waals surface area (Å²) in [7, 11) is 0. The van der Waals surface area contributed by atoms with Crippen LogP contribution in [-0.4, -0.2) is 5.79 Å². The highest BCUT2D eigenvalue weighted by atomic mass is 16.7. The number of hydrogen-bond donors (Lipinski definition) is 0. The lowest BCUT2D eigenvalue weighted by molar-refractivity contribution is -0.0380. The largest absolute Gasteiger partial charge is 0.457 e. The van der Waals surface area contributed by atoms with Crippen molar-refractivity contribution in [3.05, 3.63) is 126 Å². The van der Waals surface area contributed by atoms with Crippen LogP contribution in [0.1, 0.15) is 0 Å². The summed E-state index contributed by atoms with van der Waals surface area (Å²) in [5.41, 5.74) is 1.75. The van der Waals surface area contributed by atoms with Crippen LogP contribution in [0, 0.1) is 0 Å². The first-order valence-electron chi connectivity index (χ1n) is 9.19. The van der Waals surface area contributed by atoms with Gasteiger partial charge in [-0.25, -0.2) is 0 Å². The van der Waals surface area contributed by atoms with Crippen LogP contribution < -0.4 is 14.2 Å². The van der Waals surface area contributed by atoms with Gasteiger partial charge in [0.25, 0.3) is 0 Å². The molecule has 0 unspecified atom stereocenters. The topological polar surface area (TPSA) is 27.7 Å². The standard InChI is InChI=1S/C25H18O3/c1-4-10-20(11-5-1)26-24-18-19-16-17-23(24)25(19,27-21-12-6-2-7-13-21)28-22-14-8-3-9-15-22/h1-18H. The van der Waals surface area contributed by atoms with Gasteiger partial charge >= 0.3 is 5.79 Å². The predicted octanol–water partition coefficient (Wildman–Crippen LogP) is 5.68. The van der Waals surface area contributed by atoms with Gasteiger partial charge in [0.05, 0.1) is 5.57 Å². The molecule has 0 radical (unpaired) electrons. The highest BCUT2D eigenvalue weighted by molar-refractivity contribution is 5.63. The molecule has 0 heterocycles. The van der Waals surface area contributed by atoms with E-state index in [0.717, 1.165) is 34.2 Å². The minimum Gasteiger partial charge on any atom is -0.457 e. The van der Waals surface area contributed by atoms with E-state index in [1.807, 2.05) is 109 Å². The molecular formula is C25H18O3. The number of allylic oxidation sites excluding steroid dienone is 1. The van der Waals surface area contributed by atoms with Gasteiger partial charge in [-0.3, -0.25) is 0 Å². The van der Waals surface area contributed by atoms with Crippen LogP contribution in [0.15, 0.2) is 126 Å². The molecule has 3 aromatic rings. The summed E-state index contributed by atoms with van der Waals surface area (Å²) >= 11 is 0. The van der Waals surface area contributed by atoms with Gasteiger partial charge < -0.3 is 14.2 Å². The van der Waals surface area contributed by atoms with Crippen LogP contribution in [-0.2, 0) is 0 Å². The molecule has 0 fully saturated rings. The Kier molecular flexibility index (Phi) is 3.99. The minimum absolute atomic E-state index is 0.728. The van der Waals surface area contributed by atoms with Gasteiger partial charge in [0.15, 0.2) is 0 Å². The van der Waals surface area contributed by atoms with E-state index in [1.165, 1.54) is 0 Å². The molecule has 28 heavy (non-hydrogen) atoms. The molecule has 0 atom stereocenters. The maximum absolute atomic E-state index is 6.43. The highest BCUT2D eigenvalue weighted by Gasteiger charge is 2.51. The molecule has 0 aliphatic heterocycles. The summed E-state index contributed by atoms with van der Waals surface area (Å²) in [6, 6.07) is 29.1. The number of benzene rings is 3. The average molecular weight is 366 g/mol. The Balaban J connectivity index is 1.56. The SMILES string of the molecule is C1=CC2=C(Oc3ccccc3)C=C1C2(Oc1ccccc1)Oc1ccccc1. The second-order valence-electron chi connectivity index (χ2n) is 6.57. The molecule has 2 bridgehead atoms. The number of hydrogen-bond acceptors (Lipinski definition) is 3. The summed E-state index contributed by atoms with van der Waals surface area (Å²) < 4.78 is 19.0. The first-order chi connectivity index (χ1) is 13.8. The maximum atomic E-state index is 6.43. The molecule has 0 amide bonds. The average Bonchev–Trinajstić information content (AvgIpc) is 3.20. The van der Waals surface area contributed by atoms with Crippen molar-refractivity contribution in [1.29, 1.82) is 0 Å². The Morgan fingerprint density at radius 3 is 1.57 bits per heavy atom. The van der Waals surface area contributed by atoms with E-state index in [4.69, 9.17) is 14.2 Å². The van der Waals surface area contributed by atoms with E-state index in [0.29, 0.717) is 0 Å². The molecule has 0 saturated carbocycles. The third-order valence-electron chi connectivity index (χ3n) is 4.70. The summed E-state index contributed by atoms with van der Waals surface area (Å²) in [4.78, 5) is 0. The Morgan fingerprint density at radius 1 is 0.536 bits per heavy atom. The molecule has 3 aromatic carbocycles. The number of para-hydroxylation sites is 3. The van der Waals surface area contributed by atoms with Crippen molar-refractivity contribution in [2.75, 3.05) is 0 Å².